The van der Waals surface area contributed by atoms with Gasteiger partial charge >= 0.3 is 0 Å². The van der Waals surface area contributed by atoms with Crippen molar-refractivity contribution >= 4 is 11.8 Å². The topological polar surface area (TPSA) is 49.4 Å². The van der Waals surface area contributed by atoms with Crippen molar-refractivity contribution in [2.24, 2.45) is 5.92 Å². The Kier molecular flexibility index (Phi) is 5.41. The SMILES string of the molecule is C#CC(CC)N1C(=O)C(C(C)CC)NC(=O)C1CC. The molecule has 4 atom stereocenters. The quantitative estimate of drug-likeness (QED) is 0.766. The summed E-state index contributed by atoms with van der Waals surface area (Å²) in [6.07, 6.45) is 7.61. The zero-order chi connectivity index (χ0) is 14.6. The zero-order valence-electron chi connectivity index (χ0n) is 12.3. The molecule has 19 heavy (non-hydrogen) atoms. The second-order valence-electron chi connectivity index (χ2n) is 5.13. The van der Waals surface area contributed by atoms with E-state index in [-0.39, 0.29) is 23.8 Å². The molecular weight excluding hydrogens is 240 g/mol. The largest absolute Gasteiger partial charge is 0.342 e. The molecule has 4 nitrogen and oxygen atoms in total. The summed E-state index contributed by atoms with van der Waals surface area (Å²) in [6, 6.07) is -1.17. The Hall–Kier alpha value is -1.50. The van der Waals surface area contributed by atoms with Crippen LogP contribution in [0.5, 0.6) is 0 Å². The van der Waals surface area contributed by atoms with Crippen molar-refractivity contribution in [3.63, 3.8) is 0 Å². The molecule has 1 aliphatic rings. The van der Waals surface area contributed by atoms with Crippen molar-refractivity contribution in [3.05, 3.63) is 0 Å². The van der Waals surface area contributed by atoms with E-state index in [4.69, 9.17) is 6.42 Å². The van der Waals surface area contributed by atoms with Crippen LogP contribution in [0.2, 0.25) is 0 Å². The van der Waals surface area contributed by atoms with E-state index in [1.54, 1.807) is 4.90 Å². The molecule has 106 valence electrons. The van der Waals surface area contributed by atoms with E-state index in [2.05, 4.69) is 11.2 Å². The van der Waals surface area contributed by atoms with Crippen molar-refractivity contribution in [2.75, 3.05) is 0 Å². The van der Waals surface area contributed by atoms with Crippen molar-refractivity contribution < 1.29 is 9.59 Å². The van der Waals surface area contributed by atoms with E-state index in [0.29, 0.717) is 12.8 Å². The molecule has 1 fully saturated rings. The summed E-state index contributed by atoms with van der Waals surface area (Å²) in [6.45, 7) is 7.83. The second-order valence-corrected chi connectivity index (χ2v) is 5.13. The van der Waals surface area contributed by atoms with Gasteiger partial charge < -0.3 is 10.2 Å². The minimum Gasteiger partial charge on any atom is -0.342 e. The first kappa shape index (κ1) is 15.6. The predicted octanol–water partition coefficient (Wildman–Crippen LogP) is 1.55. The molecule has 4 unspecified atom stereocenters. The summed E-state index contributed by atoms with van der Waals surface area (Å²) in [7, 11) is 0. The van der Waals surface area contributed by atoms with Crippen LogP contribution < -0.4 is 5.32 Å². The maximum absolute atomic E-state index is 12.6. The maximum Gasteiger partial charge on any atom is 0.247 e. The summed E-state index contributed by atoms with van der Waals surface area (Å²) in [4.78, 5) is 26.4. The van der Waals surface area contributed by atoms with Crippen LogP contribution in [0.4, 0.5) is 0 Å². The number of terminal acetylenes is 1. The highest BCUT2D eigenvalue weighted by atomic mass is 16.2. The summed E-state index contributed by atoms with van der Waals surface area (Å²) in [5.41, 5.74) is 0. The molecule has 0 spiro atoms. The van der Waals surface area contributed by atoms with E-state index in [0.717, 1.165) is 6.42 Å². The Balaban J connectivity index is 3.09. The minimum absolute atomic E-state index is 0.0365. The average molecular weight is 264 g/mol. The molecule has 0 saturated carbocycles. The molecule has 0 aromatic rings. The highest BCUT2D eigenvalue weighted by molar-refractivity contribution is 5.97. The van der Waals surface area contributed by atoms with Gasteiger partial charge in [0, 0.05) is 0 Å². The number of nitrogens with zero attached hydrogens (tertiary/aromatic N) is 1. The van der Waals surface area contributed by atoms with Gasteiger partial charge in [-0.25, -0.2) is 0 Å². The Morgan fingerprint density at radius 3 is 2.37 bits per heavy atom. The van der Waals surface area contributed by atoms with Crippen molar-refractivity contribution in [1.82, 2.24) is 10.2 Å². The van der Waals surface area contributed by atoms with Gasteiger partial charge in [0.1, 0.15) is 12.1 Å². The third kappa shape index (κ3) is 2.91. The fourth-order valence-electron chi connectivity index (χ4n) is 2.52. The summed E-state index contributed by atoms with van der Waals surface area (Å²) in [5, 5.41) is 2.85. The van der Waals surface area contributed by atoms with Crippen LogP contribution in [0, 0.1) is 18.3 Å². The van der Waals surface area contributed by atoms with Gasteiger partial charge in [0.25, 0.3) is 0 Å². The lowest BCUT2D eigenvalue weighted by Crippen LogP contribution is -2.66. The number of piperazine rings is 1. The van der Waals surface area contributed by atoms with Gasteiger partial charge in [-0.05, 0) is 18.8 Å². The first-order valence-corrected chi connectivity index (χ1v) is 7.10. The number of carbonyl (C=O) groups is 2. The second kappa shape index (κ2) is 6.60. The van der Waals surface area contributed by atoms with Crippen LogP contribution in [0.15, 0.2) is 0 Å². The van der Waals surface area contributed by atoms with Gasteiger partial charge in [-0.1, -0.05) is 40.0 Å². The van der Waals surface area contributed by atoms with E-state index in [1.807, 2.05) is 27.7 Å². The van der Waals surface area contributed by atoms with Crippen LogP contribution in [0.3, 0.4) is 0 Å². The smallest absolute Gasteiger partial charge is 0.247 e. The van der Waals surface area contributed by atoms with Crippen molar-refractivity contribution in [1.29, 1.82) is 0 Å². The molecule has 0 bridgehead atoms. The van der Waals surface area contributed by atoms with E-state index < -0.39 is 12.1 Å². The van der Waals surface area contributed by atoms with Gasteiger partial charge in [0.2, 0.25) is 11.8 Å². The van der Waals surface area contributed by atoms with Gasteiger partial charge in [0.05, 0.1) is 6.04 Å². The number of hydrogen-bond donors (Lipinski definition) is 1. The number of carbonyl (C=O) groups excluding carboxylic acids is 2. The number of hydrogen-bond acceptors (Lipinski definition) is 2. The summed E-state index contributed by atoms with van der Waals surface area (Å²) >= 11 is 0. The van der Waals surface area contributed by atoms with Crippen LogP contribution in [0.25, 0.3) is 0 Å². The summed E-state index contributed by atoms with van der Waals surface area (Å²) < 4.78 is 0. The van der Waals surface area contributed by atoms with Gasteiger partial charge in [0.15, 0.2) is 0 Å². The van der Waals surface area contributed by atoms with E-state index >= 15 is 0 Å². The number of rotatable bonds is 5. The third-order valence-electron chi connectivity index (χ3n) is 3.97. The lowest BCUT2D eigenvalue weighted by Gasteiger charge is -2.42. The lowest BCUT2D eigenvalue weighted by molar-refractivity contribution is -0.152. The van der Waals surface area contributed by atoms with Gasteiger partial charge in [-0.15, -0.1) is 6.42 Å². The van der Waals surface area contributed by atoms with Crippen LogP contribution in [-0.4, -0.2) is 34.8 Å². The van der Waals surface area contributed by atoms with Crippen LogP contribution >= 0.6 is 0 Å². The molecule has 2 amide bonds. The Morgan fingerprint density at radius 1 is 1.32 bits per heavy atom. The Labute approximate surface area is 115 Å². The monoisotopic (exact) mass is 264 g/mol. The van der Waals surface area contributed by atoms with E-state index in [9.17, 15) is 9.59 Å². The molecule has 1 rings (SSSR count). The number of amides is 2. The highest BCUT2D eigenvalue weighted by Crippen LogP contribution is 2.22. The first-order valence-electron chi connectivity index (χ1n) is 7.10. The lowest BCUT2D eigenvalue weighted by atomic mass is 9.92. The maximum atomic E-state index is 12.6. The van der Waals surface area contributed by atoms with Crippen LogP contribution in [0.1, 0.15) is 47.0 Å². The van der Waals surface area contributed by atoms with Gasteiger partial charge in [-0.3, -0.25) is 9.59 Å². The number of nitrogens with one attached hydrogen (secondary N) is 1. The molecule has 0 aromatic carbocycles. The standard InChI is InChI=1S/C15H24N2O2/c1-6-10(5)13-15(19)17(11(7-2)8-3)12(9-4)14(18)16-13/h2,10-13H,6,8-9H2,1,3-5H3,(H,16,18). The van der Waals surface area contributed by atoms with E-state index in [1.165, 1.54) is 0 Å². The normalized spacial score (nSPS) is 26.6. The van der Waals surface area contributed by atoms with Crippen molar-refractivity contribution in [3.8, 4) is 12.3 Å². The fraction of sp³-hybridized carbons (Fsp3) is 0.733. The summed E-state index contributed by atoms with van der Waals surface area (Å²) in [5.74, 6) is 2.64. The molecule has 1 heterocycles. The van der Waals surface area contributed by atoms with Crippen LogP contribution in [-0.2, 0) is 9.59 Å². The Morgan fingerprint density at radius 2 is 1.95 bits per heavy atom. The van der Waals surface area contributed by atoms with Crippen molar-refractivity contribution in [2.45, 2.75) is 65.1 Å². The highest BCUT2D eigenvalue weighted by Gasteiger charge is 2.43. The minimum atomic E-state index is -0.442. The molecule has 1 N–H and O–H groups in total. The fourth-order valence-corrected chi connectivity index (χ4v) is 2.52. The molecule has 0 aromatic heterocycles. The molecule has 0 aliphatic carbocycles. The molecular formula is C15H24N2O2. The third-order valence-corrected chi connectivity index (χ3v) is 3.97. The first-order chi connectivity index (χ1) is 9.01. The zero-order valence-corrected chi connectivity index (χ0v) is 12.3. The molecule has 4 heteroatoms. The molecule has 0 radical (unpaired) electrons. The molecule has 1 saturated heterocycles. The average Bonchev–Trinajstić information content (AvgIpc) is 2.42. The van der Waals surface area contributed by atoms with Gasteiger partial charge in [-0.2, -0.15) is 0 Å². The molecule has 1 aliphatic heterocycles. The predicted molar refractivity (Wildman–Crippen MR) is 75.2 cm³/mol. The Bertz CT molecular complexity index is 386.